The van der Waals surface area contributed by atoms with E-state index >= 15 is 0 Å². The second-order valence-corrected chi connectivity index (χ2v) is 4.91. The molecule has 98 valence electrons. The second kappa shape index (κ2) is 5.82. The number of nitrogens with zero attached hydrogens (tertiary/aromatic N) is 1. The molecule has 0 atom stereocenters. The largest absolute Gasteiger partial charge is 0.359 e. The summed E-state index contributed by atoms with van der Waals surface area (Å²) in [4.78, 5) is 27.2. The number of nitrogens with one attached hydrogen (secondary N) is 2. The number of hydrogen-bond acceptors (Lipinski definition) is 3. The minimum absolute atomic E-state index is 0.136. The van der Waals surface area contributed by atoms with Gasteiger partial charge in [0.1, 0.15) is 0 Å². The van der Waals surface area contributed by atoms with Gasteiger partial charge in [0.2, 0.25) is 5.91 Å². The van der Waals surface area contributed by atoms with Crippen LogP contribution in [0, 0.1) is 5.41 Å². The first-order valence-corrected chi connectivity index (χ1v) is 5.86. The van der Waals surface area contributed by atoms with Crippen molar-refractivity contribution in [2.75, 3.05) is 13.6 Å². The number of carbonyl (C=O) groups is 2. The summed E-state index contributed by atoms with van der Waals surface area (Å²) in [6, 6.07) is 1.53. The van der Waals surface area contributed by atoms with Crippen molar-refractivity contribution in [3.63, 3.8) is 0 Å². The topological polar surface area (TPSA) is 71.1 Å². The Morgan fingerprint density at radius 3 is 2.67 bits per heavy atom. The van der Waals surface area contributed by atoms with Gasteiger partial charge < -0.3 is 10.6 Å². The molecule has 0 radical (unpaired) electrons. The number of amides is 2. The Bertz CT molecular complexity index is 460. The number of halogens is 1. The highest BCUT2D eigenvalue weighted by Crippen LogP contribution is 2.16. The van der Waals surface area contributed by atoms with Gasteiger partial charge in [0.15, 0.2) is 0 Å². The molecule has 1 heterocycles. The third kappa shape index (κ3) is 3.43. The minimum Gasteiger partial charge on any atom is -0.359 e. The molecule has 18 heavy (non-hydrogen) atoms. The highest BCUT2D eigenvalue weighted by Gasteiger charge is 2.27. The summed E-state index contributed by atoms with van der Waals surface area (Å²) < 4.78 is 0. The van der Waals surface area contributed by atoms with Crippen molar-refractivity contribution >= 4 is 23.4 Å². The standard InChI is InChI=1S/C12H16ClN3O2/c1-12(2,11(18)14-3)7-16-10(17)8-4-5-15-6-9(8)13/h4-6H,7H2,1-3H3,(H,14,18)(H,16,17). The van der Waals surface area contributed by atoms with Gasteiger partial charge in [0, 0.05) is 26.0 Å². The molecular weight excluding hydrogens is 254 g/mol. The minimum atomic E-state index is -0.677. The predicted octanol–water partition coefficient (Wildman–Crippen LogP) is 1.24. The molecule has 1 aromatic heterocycles. The van der Waals surface area contributed by atoms with Gasteiger partial charge in [-0.3, -0.25) is 14.6 Å². The molecule has 0 aliphatic rings. The smallest absolute Gasteiger partial charge is 0.252 e. The Kier molecular flexibility index (Phi) is 4.67. The number of rotatable bonds is 4. The molecule has 0 aliphatic carbocycles. The summed E-state index contributed by atoms with van der Waals surface area (Å²) in [6.45, 7) is 3.73. The molecule has 0 spiro atoms. The zero-order chi connectivity index (χ0) is 13.8. The number of aromatic nitrogens is 1. The van der Waals surface area contributed by atoms with E-state index in [-0.39, 0.29) is 23.4 Å². The molecule has 0 saturated heterocycles. The quantitative estimate of drug-likeness (QED) is 0.864. The van der Waals surface area contributed by atoms with Gasteiger partial charge in [-0.25, -0.2) is 0 Å². The van der Waals surface area contributed by atoms with Crippen LogP contribution in [0.1, 0.15) is 24.2 Å². The molecule has 2 amide bonds. The summed E-state index contributed by atoms with van der Waals surface area (Å²) in [5, 5.41) is 5.52. The van der Waals surface area contributed by atoms with Gasteiger partial charge in [0.05, 0.1) is 16.0 Å². The average Bonchev–Trinajstić information content (AvgIpc) is 2.35. The van der Waals surface area contributed by atoms with Crippen LogP contribution >= 0.6 is 11.6 Å². The van der Waals surface area contributed by atoms with Crippen molar-refractivity contribution in [2.24, 2.45) is 5.41 Å². The average molecular weight is 270 g/mol. The molecule has 0 bridgehead atoms. The summed E-state index contributed by atoms with van der Waals surface area (Å²) in [5.41, 5.74) is -0.330. The van der Waals surface area contributed by atoms with Crippen molar-refractivity contribution < 1.29 is 9.59 Å². The monoisotopic (exact) mass is 269 g/mol. The first kappa shape index (κ1) is 14.4. The van der Waals surface area contributed by atoms with E-state index in [0.717, 1.165) is 0 Å². The first-order chi connectivity index (χ1) is 8.38. The Hall–Kier alpha value is -1.62. The molecule has 2 N–H and O–H groups in total. The maximum atomic E-state index is 11.9. The van der Waals surface area contributed by atoms with Gasteiger partial charge in [-0.05, 0) is 19.9 Å². The van der Waals surface area contributed by atoms with E-state index in [1.807, 2.05) is 0 Å². The van der Waals surface area contributed by atoms with Crippen LogP contribution in [0.4, 0.5) is 0 Å². The van der Waals surface area contributed by atoms with Crippen LogP contribution in [0.15, 0.2) is 18.5 Å². The molecule has 0 fully saturated rings. The SMILES string of the molecule is CNC(=O)C(C)(C)CNC(=O)c1ccncc1Cl. The van der Waals surface area contributed by atoms with Crippen molar-refractivity contribution in [1.29, 1.82) is 0 Å². The zero-order valence-corrected chi connectivity index (χ0v) is 11.3. The third-order valence-corrected chi connectivity index (χ3v) is 2.85. The van der Waals surface area contributed by atoms with Crippen LogP contribution in [0.3, 0.4) is 0 Å². The van der Waals surface area contributed by atoms with E-state index in [9.17, 15) is 9.59 Å². The molecule has 1 rings (SSSR count). The highest BCUT2D eigenvalue weighted by molar-refractivity contribution is 6.33. The Morgan fingerprint density at radius 1 is 1.44 bits per heavy atom. The third-order valence-electron chi connectivity index (χ3n) is 2.55. The molecule has 0 unspecified atom stereocenters. The van der Waals surface area contributed by atoms with Crippen LogP contribution in [0.5, 0.6) is 0 Å². The van der Waals surface area contributed by atoms with Crippen LogP contribution < -0.4 is 10.6 Å². The highest BCUT2D eigenvalue weighted by atomic mass is 35.5. The van der Waals surface area contributed by atoms with E-state index in [1.165, 1.54) is 18.5 Å². The first-order valence-electron chi connectivity index (χ1n) is 5.48. The Morgan fingerprint density at radius 2 is 2.11 bits per heavy atom. The fourth-order valence-electron chi connectivity index (χ4n) is 1.37. The van der Waals surface area contributed by atoms with E-state index in [4.69, 9.17) is 11.6 Å². The second-order valence-electron chi connectivity index (χ2n) is 4.50. The van der Waals surface area contributed by atoms with Gasteiger partial charge in [-0.2, -0.15) is 0 Å². The van der Waals surface area contributed by atoms with Crippen LogP contribution in [-0.4, -0.2) is 30.4 Å². The van der Waals surface area contributed by atoms with E-state index in [1.54, 1.807) is 20.9 Å². The van der Waals surface area contributed by atoms with Crippen LogP contribution in [-0.2, 0) is 4.79 Å². The van der Waals surface area contributed by atoms with Crippen LogP contribution in [0.25, 0.3) is 0 Å². The lowest BCUT2D eigenvalue weighted by Crippen LogP contribution is -2.43. The van der Waals surface area contributed by atoms with Gasteiger partial charge in [-0.1, -0.05) is 11.6 Å². The molecule has 0 aliphatic heterocycles. The zero-order valence-electron chi connectivity index (χ0n) is 10.6. The molecule has 0 saturated carbocycles. The molecular formula is C12H16ClN3O2. The maximum absolute atomic E-state index is 11.9. The van der Waals surface area contributed by atoms with Gasteiger partial charge in [-0.15, -0.1) is 0 Å². The molecule has 0 aromatic carbocycles. The molecule has 5 nitrogen and oxygen atoms in total. The van der Waals surface area contributed by atoms with Gasteiger partial charge in [0.25, 0.3) is 5.91 Å². The summed E-state index contributed by atoms with van der Waals surface area (Å²) in [6.07, 6.45) is 2.89. The lowest BCUT2D eigenvalue weighted by Gasteiger charge is -2.22. The molecule has 6 heteroatoms. The van der Waals surface area contributed by atoms with Crippen molar-refractivity contribution in [3.8, 4) is 0 Å². The fourth-order valence-corrected chi connectivity index (χ4v) is 1.58. The predicted molar refractivity (Wildman–Crippen MR) is 69.4 cm³/mol. The lowest BCUT2D eigenvalue weighted by molar-refractivity contribution is -0.128. The van der Waals surface area contributed by atoms with Gasteiger partial charge >= 0.3 is 0 Å². The number of hydrogen-bond donors (Lipinski definition) is 2. The fraction of sp³-hybridized carbons (Fsp3) is 0.417. The summed E-state index contributed by atoms with van der Waals surface area (Å²) in [5.74, 6) is -0.456. The van der Waals surface area contributed by atoms with Crippen LogP contribution in [0.2, 0.25) is 5.02 Å². The van der Waals surface area contributed by atoms with Crippen molar-refractivity contribution in [3.05, 3.63) is 29.0 Å². The van der Waals surface area contributed by atoms with E-state index < -0.39 is 5.41 Å². The lowest BCUT2D eigenvalue weighted by atomic mass is 9.92. The Balaban J connectivity index is 2.68. The summed E-state index contributed by atoms with van der Waals surface area (Å²) >= 11 is 5.86. The normalized spacial score (nSPS) is 10.9. The van der Waals surface area contributed by atoms with E-state index in [2.05, 4.69) is 15.6 Å². The summed E-state index contributed by atoms with van der Waals surface area (Å²) in [7, 11) is 1.56. The Labute approximate surface area is 111 Å². The number of pyridine rings is 1. The van der Waals surface area contributed by atoms with Crippen molar-refractivity contribution in [1.82, 2.24) is 15.6 Å². The maximum Gasteiger partial charge on any atom is 0.252 e. The van der Waals surface area contributed by atoms with Crippen molar-refractivity contribution in [2.45, 2.75) is 13.8 Å². The molecule has 1 aromatic rings. The number of carbonyl (C=O) groups excluding carboxylic acids is 2. The van der Waals surface area contributed by atoms with E-state index in [0.29, 0.717) is 5.56 Å².